The summed E-state index contributed by atoms with van der Waals surface area (Å²) < 4.78 is 1.84. The zero-order valence-corrected chi connectivity index (χ0v) is 19.1. The van der Waals surface area contributed by atoms with Crippen molar-refractivity contribution in [3.8, 4) is 0 Å². The zero-order valence-electron chi connectivity index (χ0n) is 18.2. The Morgan fingerprint density at radius 1 is 1.28 bits per heavy atom. The van der Waals surface area contributed by atoms with E-state index in [9.17, 15) is 19.7 Å². The Kier molecular flexibility index (Phi) is 8.20. The molecule has 0 aliphatic heterocycles. The highest BCUT2D eigenvalue weighted by atomic mass is 32.2. The van der Waals surface area contributed by atoms with Gasteiger partial charge in [0.05, 0.1) is 17.2 Å². The van der Waals surface area contributed by atoms with E-state index in [-0.39, 0.29) is 35.5 Å². The third kappa shape index (κ3) is 6.06. The highest BCUT2D eigenvalue weighted by Gasteiger charge is 2.23. The lowest BCUT2D eigenvalue weighted by atomic mass is 9.86. The molecule has 1 aliphatic rings. The van der Waals surface area contributed by atoms with Crippen LogP contribution in [0.1, 0.15) is 55.7 Å². The lowest BCUT2D eigenvalue weighted by Gasteiger charge is -2.29. The number of carbonyl (C=O) groups is 2. The molecule has 1 aromatic carbocycles. The molecule has 1 aliphatic carbocycles. The van der Waals surface area contributed by atoms with Crippen LogP contribution in [0.5, 0.6) is 0 Å². The number of thioether (sulfide) groups is 1. The van der Waals surface area contributed by atoms with E-state index in [2.05, 4.69) is 27.8 Å². The fourth-order valence-electron chi connectivity index (χ4n) is 3.81. The number of nitro benzene ring substituents is 1. The van der Waals surface area contributed by atoms with E-state index < -0.39 is 10.8 Å². The Labute approximate surface area is 190 Å². The average Bonchev–Trinajstić information content (AvgIpc) is 3.19. The predicted molar refractivity (Wildman–Crippen MR) is 120 cm³/mol. The van der Waals surface area contributed by atoms with Crippen molar-refractivity contribution in [3.05, 3.63) is 45.8 Å². The Morgan fingerprint density at radius 2 is 2.06 bits per heavy atom. The van der Waals surface area contributed by atoms with Gasteiger partial charge in [-0.3, -0.25) is 19.7 Å². The summed E-state index contributed by atoms with van der Waals surface area (Å²) in [4.78, 5) is 35.1. The highest BCUT2D eigenvalue weighted by molar-refractivity contribution is 7.99. The second-order valence-electron chi connectivity index (χ2n) is 7.86. The normalized spacial score (nSPS) is 18.2. The molecule has 10 nitrogen and oxygen atoms in total. The molecule has 0 unspecified atom stereocenters. The van der Waals surface area contributed by atoms with E-state index in [4.69, 9.17) is 0 Å². The van der Waals surface area contributed by atoms with Crippen LogP contribution in [0.2, 0.25) is 0 Å². The minimum Gasteiger partial charge on any atom is -0.352 e. The molecule has 2 N–H and O–H groups in total. The van der Waals surface area contributed by atoms with Crippen LogP contribution in [-0.4, -0.2) is 43.3 Å². The van der Waals surface area contributed by atoms with Gasteiger partial charge in [-0.05, 0) is 31.7 Å². The summed E-state index contributed by atoms with van der Waals surface area (Å²) in [6.45, 7) is 4.82. The first-order valence-electron chi connectivity index (χ1n) is 10.8. The van der Waals surface area contributed by atoms with Gasteiger partial charge in [-0.25, -0.2) is 0 Å². The van der Waals surface area contributed by atoms with E-state index in [0.29, 0.717) is 23.4 Å². The standard InChI is InChI=1S/C21H28N6O4S/c1-3-26-18(12-22-20(29)15-8-6-9-16(11-15)27(30)31)24-25-21(26)32-13-19(28)23-17-10-5-4-7-14(17)2/h6,8-9,11,14,17H,3-5,7,10,12-13H2,1-2H3,(H,22,29)(H,23,28)/t14-,17-/m1/s1. The molecule has 2 aromatic rings. The smallest absolute Gasteiger partial charge is 0.270 e. The summed E-state index contributed by atoms with van der Waals surface area (Å²) in [5, 5.41) is 25.7. The summed E-state index contributed by atoms with van der Waals surface area (Å²) in [7, 11) is 0. The van der Waals surface area contributed by atoms with Crippen LogP contribution in [0, 0.1) is 16.0 Å². The van der Waals surface area contributed by atoms with Crippen LogP contribution in [0.4, 0.5) is 5.69 Å². The maximum Gasteiger partial charge on any atom is 0.270 e. The molecule has 3 rings (SSSR count). The molecule has 0 spiro atoms. The van der Waals surface area contributed by atoms with E-state index in [1.54, 1.807) is 0 Å². The van der Waals surface area contributed by atoms with E-state index in [1.165, 1.54) is 42.4 Å². The quantitative estimate of drug-likeness (QED) is 0.334. The molecule has 1 fully saturated rings. The number of carbonyl (C=O) groups excluding carboxylic acids is 2. The van der Waals surface area contributed by atoms with E-state index in [0.717, 1.165) is 19.3 Å². The van der Waals surface area contributed by atoms with Gasteiger partial charge in [0.2, 0.25) is 5.91 Å². The van der Waals surface area contributed by atoms with Crippen LogP contribution in [0.3, 0.4) is 0 Å². The third-order valence-corrected chi connectivity index (χ3v) is 6.59. The number of benzene rings is 1. The van der Waals surface area contributed by atoms with Gasteiger partial charge < -0.3 is 15.2 Å². The van der Waals surface area contributed by atoms with Gasteiger partial charge in [-0.2, -0.15) is 0 Å². The zero-order chi connectivity index (χ0) is 23.1. The number of amides is 2. The number of nitrogens with one attached hydrogen (secondary N) is 2. The Hall–Kier alpha value is -2.95. The predicted octanol–water partition coefficient (Wildman–Crippen LogP) is 2.92. The molecule has 2 amide bonds. The number of nitro groups is 1. The maximum absolute atomic E-state index is 12.4. The molecular formula is C21H28N6O4S. The molecular weight excluding hydrogens is 432 g/mol. The van der Waals surface area contributed by atoms with Crippen LogP contribution >= 0.6 is 11.8 Å². The monoisotopic (exact) mass is 460 g/mol. The van der Waals surface area contributed by atoms with Crippen molar-refractivity contribution in [1.29, 1.82) is 0 Å². The van der Waals surface area contributed by atoms with Gasteiger partial charge in [0.25, 0.3) is 11.6 Å². The van der Waals surface area contributed by atoms with Crippen molar-refractivity contribution in [3.63, 3.8) is 0 Å². The molecule has 0 radical (unpaired) electrons. The first-order valence-corrected chi connectivity index (χ1v) is 11.7. The number of hydrogen-bond donors (Lipinski definition) is 2. The lowest BCUT2D eigenvalue weighted by molar-refractivity contribution is -0.384. The van der Waals surface area contributed by atoms with Crippen LogP contribution in [-0.2, 0) is 17.9 Å². The highest BCUT2D eigenvalue weighted by Crippen LogP contribution is 2.24. The molecule has 32 heavy (non-hydrogen) atoms. The van der Waals surface area contributed by atoms with Crippen molar-refractivity contribution in [2.45, 2.75) is 63.8 Å². The minimum absolute atomic E-state index is 0.0140. The Balaban J connectivity index is 1.55. The molecule has 2 atom stereocenters. The van der Waals surface area contributed by atoms with Gasteiger partial charge in [-0.1, -0.05) is 37.6 Å². The molecule has 0 bridgehead atoms. The number of aromatic nitrogens is 3. The molecule has 0 saturated heterocycles. The summed E-state index contributed by atoms with van der Waals surface area (Å²) >= 11 is 1.32. The summed E-state index contributed by atoms with van der Waals surface area (Å²) in [6, 6.07) is 5.78. The van der Waals surface area contributed by atoms with Crippen LogP contribution in [0.25, 0.3) is 0 Å². The van der Waals surface area contributed by atoms with Gasteiger partial charge >= 0.3 is 0 Å². The van der Waals surface area contributed by atoms with Crippen molar-refractivity contribution in [1.82, 2.24) is 25.4 Å². The van der Waals surface area contributed by atoms with Gasteiger partial charge in [0.15, 0.2) is 11.0 Å². The Morgan fingerprint density at radius 3 is 2.78 bits per heavy atom. The van der Waals surface area contributed by atoms with Gasteiger partial charge in [0.1, 0.15) is 0 Å². The maximum atomic E-state index is 12.4. The molecule has 172 valence electrons. The lowest BCUT2D eigenvalue weighted by Crippen LogP contribution is -2.41. The molecule has 1 aromatic heterocycles. The number of nitrogens with zero attached hydrogens (tertiary/aromatic N) is 4. The first kappa shape index (κ1) is 23.7. The van der Waals surface area contributed by atoms with Gasteiger partial charge in [0, 0.05) is 30.3 Å². The molecule has 1 heterocycles. The van der Waals surface area contributed by atoms with Gasteiger partial charge in [-0.15, -0.1) is 10.2 Å². The second kappa shape index (κ2) is 11.1. The fraction of sp³-hybridized carbons (Fsp3) is 0.524. The van der Waals surface area contributed by atoms with Crippen molar-refractivity contribution >= 4 is 29.3 Å². The first-order chi connectivity index (χ1) is 15.4. The van der Waals surface area contributed by atoms with E-state index in [1.807, 2.05) is 11.5 Å². The van der Waals surface area contributed by atoms with Crippen molar-refractivity contribution in [2.24, 2.45) is 5.92 Å². The third-order valence-electron chi connectivity index (χ3n) is 5.63. The number of non-ortho nitro benzene ring substituents is 1. The number of rotatable bonds is 9. The second-order valence-corrected chi connectivity index (χ2v) is 8.80. The fourth-order valence-corrected chi connectivity index (χ4v) is 4.64. The van der Waals surface area contributed by atoms with Crippen molar-refractivity contribution < 1.29 is 14.5 Å². The average molecular weight is 461 g/mol. The molecule has 1 saturated carbocycles. The Bertz CT molecular complexity index is 979. The molecule has 11 heteroatoms. The van der Waals surface area contributed by atoms with Crippen LogP contribution < -0.4 is 10.6 Å². The topological polar surface area (TPSA) is 132 Å². The summed E-state index contributed by atoms with van der Waals surface area (Å²) in [5.74, 6) is 0.851. The largest absolute Gasteiger partial charge is 0.352 e. The van der Waals surface area contributed by atoms with Crippen molar-refractivity contribution in [2.75, 3.05) is 5.75 Å². The SMILES string of the molecule is CCn1c(CNC(=O)c2cccc([N+](=O)[O-])c2)nnc1SCC(=O)N[C@@H]1CCCC[C@H]1C. The minimum atomic E-state index is -0.543. The summed E-state index contributed by atoms with van der Waals surface area (Å²) in [6.07, 6.45) is 4.55. The summed E-state index contributed by atoms with van der Waals surface area (Å²) in [5.41, 5.74) is 0.0546. The number of hydrogen-bond acceptors (Lipinski definition) is 7. The van der Waals surface area contributed by atoms with Crippen LogP contribution in [0.15, 0.2) is 29.4 Å². The van der Waals surface area contributed by atoms with E-state index >= 15 is 0 Å².